The minimum absolute atomic E-state index is 0.374. The van der Waals surface area contributed by atoms with Crippen molar-refractivity contribution in [1.82, 2.24) is 0 Å². The van der Waals surface area contributed by atoms with Crippen LogP contribution >= 0.6 is 7.82 Å². The summed E-state index contributed by atoms with van der Waals surface area (Å²) < 4.78 is 26.8. The lowest BCUT2D eigenvalue weighted by atomic mass is 10.5. The highest BCUT2D eigenvalue weighted by atomic mass is 31.2. The molecule has 0 amide bonds. The zero-order valence-electron chi connectivity index (χ0n) is 9.06. The van der Waals surface area contributed by atoms with Crippen molar-refractivity contribution in [3.05, 3.63) is 12.3 Å². The molecule has 5 heteroatoms. The van der Waals surface area contributed by atoms with E-state index in [4.69, 9.17) is 13.6 Å². The molecule has 0 rings (SSSR count). The summed E-state index contributed by atoms with van der Waals surface area (Å²) in [5.74, 6) is 0. The van der Waals surface area contributed by atoms with E-state index in [1.807, 2.05) is 13.8 Å². The number of phosphoric ester groups is 1. The molecule has 14 heavy (non-hydrogen) atoms. The van der Waals surface area contributed by atoms with Gasteiger partial charge in [-0.05, 0) is 19.8 Å². The second kappa shape index (κ2) is 8.04. The van der Waals surface area contributed by atoms with E-state index in [1.54, 1.807) is 13.0 Å². The monoisotopic (exact) mass is 222 g/mol. The summed E-state index contributed by atoms with van der Waals surface area (Å²) in [5, 5.41) is 0. The highest BCUT2D eigenvalue weighted by molar-refractivity contribution is 7.48. The number of rotatable bonds is 8. The first kappa shape index (κ1) is 13.7. The van der Waals surface area contributed by atoms with Crippen LogP contribution in [0.2, 0.25) is 0 Å². The zero-order valence-corrected chi connectivity index (χ0v) is 9.96. The maximum Gasteiger partial charge on any atom is 0.529 e. The fourth-order valence-electron chi connectivity index (χ4n) is 0.640. The predicted molar refractivity (Wildman–Crippen MR) is 56.0 cm³/mol. The molecule has 4 nitrogen and oxygen atoms in total. The van der Waals surface area contributed by atoms with Crippen LogP contribution in [0.15, 0.2) is 12.3 Å². The lowest BCUT2D eigenvalue weighted by Gasteiger charge is -2.15. The Bertz CT molecular complexity index is 191. The van der Waals surface area contributed by atoms with Gasteiger partial charge in [-0.1, -0.05) is 19.9 Å². The highest BCUT2D eigenvalue weighted by Crippen LogP contribution is 2.49. The number of hydrogen-bond acceptors (Lipinski definition) is 4. The van der Waals surface area contributed by atoms with E-state index in [0.717, 1.165) is 12.8 Å². The molecule has 0 N–H and O–H groups in total. The summed E-state index contributed by atoms with van der Waals surface area (Å²) in [7, 11) is -3.36. The van der Waals surface area contributed by atoms with E-state index in [1.165, 1.54) is 6.26 Å². The van der Waals surface area contributed by atoms with Gasteiger partial charge in [-0.3, -0.25) is 9.05 Å². The van der Waals surface area contributed by atoms with Gasteiger partial charge in [-0.25, -0.2) is 4.57 Å². The van der Waals surface area contributed by atoms with E-state index in [0.29, 0.717) is 13.2 Å². The summed E-state index contributed by atoms with van der Waals surface area (Å²) in [4.78, 5) is 0. The van der Waals surface area contributed by atoms with Crippen molar-refractivity contribution < 1.29 is 18.1 Å². The molecule has 0 bridgehead atoms. The molecule has 0 radical (unpaired) electrons. The van der Waals surface area contributed by atoms with Gasteiger partial charge in [0.2, 0.25) is 0 Å². The smallest absolute Gasteiger partial charge is 0.412 e. The Morgan fingerprint density at radius 3 is 2.00 bits per heavy atom. The largest absolute Gasteiger partial charge is 0.529 e. The first-order valence-corrected chi connectivity index (χ1v) is 6.33. The Hall–Kier alpha value is -0.310. The number of allylic oxidation sites excluding steroid dienone is 1. The molecule has 0 atom stereocenters. The topological polar surface area (TPSA) is 44.8 Å². The Kier molecular flexibility index (Phi) is 7.86. The van der Waals surface area contributed by atoms with Crippen molar-refractivity contribution in [3.8, 4) is 0 Å². The SMILES string of the molecule is C/C=C/OP(=O)(OCCC)OCCC. The lowest BCUT2D eigenvalue weighted by molar-refractivity contribution is 0.142. The fourth-order valence-corrected chi connectivity index (χ4v) is 1.92. The Morgan fingerprint density at radius 2 is 1.64 bits per heavy atom. The third kappa shape index (κ3) is 6.19. The van der Waals surface area contributed by atoms with E-state index in [2.05, 4.69) is 0 Å². The quantitative estimate of drug-likeness (QED) is 0.465. The molecule has 0 spiro atoms. The highest BCUT2D eigenvalue weighted by Gasteiger charge is 2.25. The average molecular weight is 222 g/mol. The molecule has 0 heterocycles. The van der Waals surface area contributed by atoms with Gasteiger partial charge in [0.25, 0.3) is 0 Å². The van der Waals surface area contributed by atoms with Gasteiger partial charge in [0.15, 0.2) is 0 Å². The molecule has 0 aromatic carbocycles. The summed E-state index contributed by atoms with van der Waals surface area (Å²) in [5.41, 5.74) is 0. The van der Waals surface area contributed by atoms with Gasteiger partial charge < -0.3 is 4.52 Å². The van der Waals surface area contributed by atoms with E-state index < -0.39 is 7.82 Å². The van der Waals surface area contributed by atoms with Crippen LogP contribution in [0.4, 0.5) is 0 Å². The van der Waals surface area contributed by atoms with Crippen LogP contribution in [0.3, 0.4) is 0 Å². The minimum Gasteiger partial charge on any atom is -0.412 e. The van der Waals surface area contributed by atoms with Crippen molar-refractivity contribution in [3.63, 3.8) is 0 Å². The second-order valence-corrected chi connectivity index (χ2v) is 4.31. The standard InChI is InChI=1S/C9H19O4P/c1-4-7-11-14(10,12-8-5-2)13-9-6-3/h4,7H,5-6,8-9H2,1-3H3/b7-4+. The van der Waals surface area contributed by atoms with Crippen LogP contribution in [-0.4, -0.2) is 13.2 Å². The third-order valence-corrected chi connectivity index (χ3v) is 2.61. The van der Waals surface area contributed by atoms with E-state index >= 15 is 0 Å². The van der Waals surface area contributed by atoms with Crippen molar-refractivity contribution >= 4 is 7.82 Å². The Labute approximate surface area is 85.9 Å². The van der Waals surface area contributed by atoms with Crippen LogP contribution in [0.5, 0.6) is 0 Å². The Balaban J connectivity index is 4.10. The Morgan fingerprint density at radius 1 is 1.14 bits per heavy atom. The lowest BCUT2D eigenvalue weighted by Crippen LogP contribution is -1.99. The molecule has 0 aliphatic heterocycles. The maximum absolute atomic E-state index is 11.8. The first-order chi connectivity index (χ1) is 6.68. The van der Waals surface area contributed by atoms with Crippen LogP contribution < -0.4 is 0 Å². The molecule has 0 aromatic rings. The van der Waals surface area contributed by atoms with Gasteiger partial charge in [0, 0.05) is 0 Å². The molecule has 0 aliphatic carbocycles. The van der Waals surface area contributed by atoms with Crippen LogP contribution in [0, 0.1) is 0 Å². The van der Waals surface area contributed by atoms with Gasteiger partial charge in [-0.2, -0.15) is 0 Å². The summed E-state index contributed by atoms with van der Waals surface area (Å²) in [6.45, 7) is 6.38. The van der Waals surface area contributed by atoms with Gasteiger partial charge in [0.1, 0.15) is 0 Å². The van der Waals surface area contributed by atoms with Crippen molar-refractivity contribution in [2.24, 2.45) is 0 Å². The van der Waals surface area contributed by atoms with Gasteiger partial charge in [-0.15, -0.1) is 0 Å². The van der Waals surface area contributed by atoms with E-state index in [-0.39, 0.29) is 0 Å². The van der Waals surface area contributed by atoms with Crippen molar-refractivity contribution in [1.29, 1.82) is 0 Å². The maximum atomic E-state index is 11.8. The molecule has 0 saturated heterocycles. The molecule has 0 aliphatic rings. The number of hydrogen-bond donors (Lipinski definition) is 0. The summed E-state index contributed by atoms with van der Waals surface area (Å²) in [6.07, 6.45) is 4.51. The average Bonchev–Trinajstić information content (AvgIpc) is 2.21. The van der Waals surface area contributed by atoms with Crippen LogP contribution in [-0.2, 0) is 18.1 Å². The molecular weight excluding hydrogens is 203 g/mol. The molecule has 0 fully saturated rings. The summed E-state index contributed by atoms with van der Waals surface area (Å²) in [6, 6.07) is 0. The molecule has 0 unspecified atom stereocenters. The number of phosphoric acid groups is 1. The van der Waals surface area contributed by atoms with E-state index in [9.17, 15) is 4.57 Å². The molecule has 0 aromatic heterocycles. The molecular formula is C9H19O4P. The normalized spacial score (nSPS) is 12.2. The predicted octanol–water partition coefficient (Wildman–Crippen LogP) is 3.50. The van der Waals surface area contributed by atoms with Crippen molar-refractivity contribution in [2.45, 2.75) is 33.6 Å². The molecule has 0 saturated carbocycles. The van der Waals surface area contributed by atoms with Gasteiger partial charge >= 0.3 is 7.82 Å². The summed E-state index contributed by atoms with van der Waals surface area (Å²) >= 11 is 0. The zero-order chi connectivity index (χ0) is 10.9. The first-order valence-electron chi connectivity index (χ1n) is 4.87. The van der Waals surface area contributed by atoms with Crippen LogP contribution in [0.25, 0.3) is 0 Å². The second-order valence-electron chi connectivity index (χ2n) is 2.69. The third-order valence-electron chi connectivity index (χ3n) is 1.23. The van der Waals surface area contributed by atoms with Gasteiger partial charge in [0.05, 0.1) is 19.5 Å². The van der Waals surface area contributed by atoms with Crippen LogP contribution in [0.1, 0.15) is 33.6 Å². The fraction of sp³-hybridized carbons (Fsp3) is 0.778. The van der Waals surface area contributed by atoms with Crippen molar-refractivity contribution in [2.75, 3.05) is 13.2 Å². The molecule has 84 valence electrons. The minimum atomic E-state index is -3.36.